The maximum Gasteiger partial charge on any atom is 0.573 e. The summed E-state index contributed by atoms with van der Waals surface area (Å²) in [7, 11) is 0. The van der Waals surface area contributed by atoms with Crippen LogP contribution >= 0.6 is 0 Å². The van der Waals surface area contributed by atoms with Gasteiger partial charge in [0, 0.05) is 17.2 Å². The van der Waals surface area contributed by atoms with Crippen molar-refractivity contribution >= 4 is 18.3 Å². The number of benzene rings is 2. The van der Waals surface area contributed by atoms with Gasteiger partial charge in [0.2, 0.25) is 5.75 Å². The molecule has 0 aliphatic rings. The van der Waals surface area contributed by atoms with E-state index in [1.165, 1.54) is 12.1 Å². The van der Waals surface area contributed by atoms with Gasteiger partial charge in [0.1, 0.15) is 18.3 Å². The average Bonchev–Trinajstić information content (AvgIpc) is 2.60. The van der Waals surface area contributed by atoms with Gasteiger partial charge in [0.25, 0.3) is 0 Å². The van der Waals surface area contributed by atoms with Gasteiger partial charge in [-0.1, -0.05) is 0 Å². The third-order valence-electron chi connectivity index (χ3n) is 2.79. The van der Waals surface area contributed by atoms with E-state index in [4.69, 9.17) is 0 Å². The van der Waals surface area contributed by atoms with Crippen LogP contribution in [0.1, 0.15) is 20.7 Å². The highest BCUT2D eigenvalue weighted by molar-refractivity contribution is 5.77. The van der Waals surface area contributed by atoms with E-state index in [9.17, 15) is 46.0 Å². The molecule has 0 saturated carbocycles. The van der Waals surface area contributed by atoms with E-state index in [0.717, 1.165) is 24.3 Å². The molecule has 29 heavy (non-hydrogen) atoms. The maximum atomic E-state index is 11.9. The lowest BCUT2D eigenvalue weighted by Gasteiger charge is -2.08. The number of nitro groups is 1. The summed E-state index contributed by atoms with van der Waals surface area (Å²) in [5.74, 6) is -1.29. The largest absolute Gasteiger partial charge is 0.573 e. The Morgan fingerprint density at radius 3 is 1.69 bits per heavy atom. The Morgan fingerprint density at radius 1 is 0.793 bits per heavy atom. The van der Waals surface area contributed by atoms with Crippen LogP contribution in [0, 0.1) is 10.1 Å². The molecule has 0 amide bonds. The molecule has 0 bridgehead atoms. The molecule has 2 aromatic rings. The Labute approximate surface area is 157 Å². The summed E-state index contributed by atoms with van der Waals surface area (Å²) in [6.45, 7) is 0. The Bertz CT molecular complexity index is 864. The van der Waals surface area contributed by atoms with Crippen molar-refractivity contribution in [2.45, 2.75) is 12.7 Å². The molecular weight excluding hydrogens is 416 g/mol. The number of hydrogen-bond donors (Lipinski definition) is 0. The van der Waals surface area contributed by atoms with E-state index >= 15 is 0 Å². The summed E-state index contributed by atoms with van der Waals surface area (Å²) < 4.78 is 77.5. The number of carbonyl (C=O) groups is 2. The van der Waals surface area contributed by atoms with Gasteiger partial charge < -0.3 is 9.47 Å². The molecule has 0 fully saturated rings. The number of carbonyl (C=O) groups excluding carboxylic acids is 2. The van der Waals surface area contributed by atoms with Crippen molar-refractivity contribution in [3.63, 3.8) is 0 Å². The highest BCUT2D eigenvalue weighted by atomic mass is 19.4. The Balaban J connectivity index is 0.000000296. The van der Waals surface area contributed by atoms with E-state index in [1.54, 1.807) is 0 Å². The standard InChI is InChI=1S/C8H4F3NO4.C8H5F3O2/c9-8(10,11)16-7-2-1-5(4-13)3-6(7)12(14)15;9-8(10,11)13-7-3-1-6(5-12)2-4-7/h1-4H;1-5H. The second-order valence-corrected chi connectivity index (χ2v) is 4.88. The normalized spacial score (nSPS) is 11.0. The SMILES string of the molecule is O=Cc1ccc(OC(F)(F)F)c([N+](=O)[O-])c1.O=Cc1ccc(OC(F)(F)F)cc1. The lowest BCUT2D eigenvalue weighted by Crippen LogP contribution is -2.18. The predicted octanol–water partition coefficient (Wildman–Crippen LogP) is 4.70. The minimum absolute atomic E-state index is 0.110. The van der Waals surface area contributed by atoms with Crippen LogP contribution in [0.5, 0.6) is 11.5 Å². The van der Waals surface area contributed by atoms with Crippen LogP contribution in [-0.2, 0) is 0 Å². The van der Waals surface area contributed by atoms with Gasteiger partial charge in [-0.15, -0.1) is 26.3 Å². The van der Waals surface area contributed by atoms with Crippen LogP contribution in [0.3, 0.4) is 0 Å². The first-order valence-corrected chi connectivity index (χ1v) is 7.15. The molecule has 0 N–H and O–H groups in total. The van der Waals surface area contributed by atoms with E-state index in [2.05, 4.69) is 9.47 Å². The molecule has 0 aromatic heterocycles. The molecule has 2 aromatic carbocycles. The van der Waals surface area contributed by atoms with Crippen LogP contribution < -0.4 is 9.47 Å². The smallest absolute Gasteiger partial charge is 0.406 e. The van der Waals surface area contributed by atoms with Gasteiger partial charge in [0.15, 0.2) is 0 Å². The predicted molar refractivity (Wildman–Crippen MR) is 83.7 cm³/mol. The number of hydrogen-bond acceptors (Lipinski definition) is 6. The van der Waals surface area contributed by atoms with Gasteiger partial charge in [0.05, 0.1) is 4.92 Å². The van der Waals surface area contributed by atoms with Crippen molar-refractivity contribution in [3.05, 3.63) is 63.7 Å². The zero-order chi connectivity index (χ0) is 22.2. The van der Waals surface area contributed by atoms with Crippen LogP contribution in [0.4, 0.5) is 32.0 Å². The van der Waals surface area contributed by atoms with Crippen molar-refractivity contribution in [2.24, 2.45) is 0 Å². The Kier molecular flexibility index (Phi) is 7.68. The fourth-order valence-corrected chi connectivity index (χ4v) is 1.71. The molecular formula is C16H9F6NO6. The molecule has 0 radical (unpaired) electrons. The van der Waals surface area contributed by atoms with Crippen molar-refractivity contribution in [1.82, 2.24) is 0 Å². The van der Waals surface area contributed by atoms with E-state index in [-0.39, 0.29) is 17.6 Å². The molecule has 0 heterocycles. The third kappa shape index (κ3) is 8.73. The lowest BCUT2D eigenvalue weighted by atomic mass is 10.2. The van der Waals surface area contributed by atoms with E-state index in [0.29, 0.717) is 17.9 Å². The zero-order valence-electron chi connectivity index (χ0n) is 13.9. The molecule has 0 aliphatic carbocycles. The number of aldehydes is 2. The topological polar surface area (TPSA) is 95.7 Å². The van der Waals surface area contributed by atoms with Gasteiger partial charge in [-0.05, 0) is 36.4 Å². The monoisotopic (exact) mass is 425 g/mol. The first-order valence-electron chi connectivity index (χ1n) is 7.15. The number of rotatable bonds is 5. The minimum atomic E-state index is -5.02. The van der Waals surface area contributed by atoms with E-state index < -0.39 is 29.1 Å². The molecule has 156 valence electrons. The quantitative estimate of drug-likeness (QED) is 0.298. The first-order chi connectivity index (χ1) is 13.3. The number of halogens is 6. The summed E-state index contributed by atoms with van der Waals surface area (Å²) in [4.78, 5) is 29.8. The summed E-state index contributed by atoms with van der Waals surface area (Å²) in [5.41, 5.74) is -0.724. The Hall–Kier alpha value is -3.64. The van der Waals surface area contributed by atoms with Crippen LogP contribution in [0.25, 0.3) is 0 Å². The molecule has 0 atom stereocenters. The molecule has 0 spiro atoms. The average molecular weight is 425 g/mol. The highest BCUT2D eigenvalue weighted by Crippen LogP contribution is 2.32. The molecule has 7 nitrogen and oxygen atoms in total. The molecule has 0 saturated heterocycles. The van der Waals surface area contributed by atoms with Crippen molar-refractivity contribution in [2.75, 3.05) is 0 Å². The van der Waals surface area contributed by atoms with Gasteiger partial charge >= 0.3 is 18.4 Å². The summed E-state index contributed by atoms with van der Waals surface area (Å²) in [5, 5.41) is 10.4. The maximum absolute atomic E-state index is 11.9. The molecule has 0 unspecified atom stereocenters. The fourth-order valence-electron chi connectivity index (χ4n) is 1.71. The highest BCUT2D eigenvalue weighted by Gasteiger charge is 2.34. The molecule has 0 aliphatic heterocycles. The lowest BCUT2D eigenvalue weighted by molar-refractivity contribution is -0.388. The molecule has 13 heteroatoms. The fraction of sp³-hybridized carbons (Fsp3) is 0.125. The van der Waals surface area contributed by atoms with E-state index in [1.807, 2.05) is 0 Å². The Morgan fingerprint density at radius 2 is 1.28 bits per heavy atom. The summed E-state index contributed by atoms with van der Waals surface area (Å²) in [6, 6.07) is 7.06. The molecule has 2 rings (SSSR count). The van der Waals surface area contributed by atoms with Crippen molar-refractivity contribution < 1.29 is 50.3 Å². The van der Waals surface area contributed by atoms with Gasteiger partial charge in [-0.2, -0.15) is 0 Å². The van der Waals surface area contributed by atoms with Crippen LogP contribution in [0.2, 0.25) is 0 Å². The minimum Gasteiger partial charge on any atom is -0.406 e. The van der Waals surface area contributed by atoms with Gasteiger partial charge in [-0.3, -0.25) is 19.7 Å². The number of nitrogens with zero attached hydrogens (tertiary/aromatic N) is 1. The zero-order valence-corrected chi connectivity index (χ0v) is 13.9. The second-order valence-electron chi connectivity index (χ2n) is 4.88. The third-order valence-corrected chi connectivity index (χ3v) is 2.79. The second kappa shape index (κ2) is 9.52. The van der Waals surface area contributed by atoms with Gasteiger partial charge in [-0.25, -0.2) is 0 Å². The number of alkyl halides is 6. The van der Waals surface area contributed by atoms with Crippen LogP contribution in [-0.4, -0.2) is 30.2 Å². The summed E-state index contributed by atoms with van der Waals surface area (Å²) >= 11 is 0. The number of nitro benzene ring substituents is 1. The summed E-state index contributed by atoms with van der Waals surface area (Å²) in [6.07, 6.45) is -8.89. The van der Waals surface area contributed by atoms with Crippen LogP contribution in [0.15, 0.2) is 42.5 Å². The first kappa shape index (κ1) is 23.4. The number of ether oxygens (including phenoxy) is 2. The van der Waals surface area contributed by atoms with Crippen molar-refractivity contribution in [1.29, 1.82) is 0 Å². The van der Waals surface area contributed by atoms with Crippen molar-refractivity contribution in [3.8, 4) is 11.5 Å².